The van der Waals surface area contributed by atoms with E-state index in [-0.39, 0.29) is 5.78 Å². The Kier molecular flexibility index (Phi) is 6.07. The van der Waals surface area contributed by atoms with Crippen molar-refractivity contribution < 1.29 is 9.53 Å². The van der Waals surface area contributed by atoms with Gasteiger partial charge in [-0.3, -0.25) is 9.48 Å². The summed E-state index contributed by atoms with van der Waals surface area (Å²) in [6, 6.07) is 13.8. The number of ketones is 1. The van der Waals surface area contributed by atoms with Crippen molar-refractivity contribution in [3.05, 3.63) is 66.7 Å². The first-order chi connectivity index (χ1) is 15.6. The molecule has 0 spiro atoms. The first kappa shape index (κ1) is 21.0. The normalized spacial score (nSPS) is 10.6. The predicted octanol–water partition coefficient (Wildman–Crippen LogP) is 4.16. The summed E-state index contributed by atoms with van der Waals surface area (Å²) in [5.41, 5.74) is 2.49. The van der Waals surface area contributed by atoms with Gasteiger partial charge in [0.05, 0.1) is 29.6 Å². The van der Waals surface area contributed by atoms with Crippen molar-refractivity contribution in [1.29, 1.82) is 0 Å². The fraction of sp³-hybridized carbons (Fsp3) is 0.174. The summed E-state index contributed by atoms with van der Waals surface area (Å²) >= 11 is 0. The standard InChI is InChI=1S/C23H22N7O2/c1-4-19(31)16-13-25-21(28-20-10-5-6-11-24-20)12-18(16)27-17-9-7-8-15(22(17)32-3)23-26-14-30(2)29-23/h5,7-14H,4H2,1-3H3,(H2,24,25,27,28). The molecule has 0 saturated heterocycles. The van der Waals surface area contributed by atoms with Crippen LogP contribution in [0.1, 0.15) is 23.7 Å². The summed E-state index contributed by atoms with van der Waals surface area (Å²) < 4.78 is 7.31. The van der Waals surface area contributed by atoms with Crippen LogP contribution >= 0.6 is 0 Å². The molecule has 0 aliphatic carbocycles. The predicted molar refractivity (Wildman–Crippen MR) is 121 cm³/mol. The second-order valence-electron chi connectivity index (χ2n) is 6.91. The molecule has 0 saturated carbocycles. The molecular weight excluding hydrogens is 406 g/mol. The Bertz CT molecular complexity index is 1240. The van der Waals surface area contributed by atoms with Crippen LogP contribution in [0.25, 0.3) is 11.4 Å². The van der Waals surface area contributed by atoms with Crippen LogP contribution in [0, 0.1) is 6.07 Å². The van der Waals surface area contributed by atoms with E-state index < -0.39 is 0 Å². The van der Waals surface area contributed by atoms with Gasteiger partial charge >= 0.3 is 0 Å². The van der Waals surface area contributed by atoms with Gasteiger partial charge in [0.25, 0.3) is 0 Å². The molecule has 4 rings (SSSR count). The van der Waals surface area contributed by atoms with E-state index in [1.54, 1.807) is 55.8 Å². The van der Waals surface area contributed by atoms with Crippen LogP contribution < -0.4 is 15.4 Å². The maximum Gasteiger partial charge on any atom is 0.184 e. The van der Waals surface area contributed by atoms with Crippen molar-refractivity contribution in [2.75, 3.05) is 17.7 Å². The molecule has 0 amide bonds. The third kappa shape index (κ3) is 4.41. The van der Waals surface area contributed by atoms with Gasteiger partial charge < -0.3 is 15.4 Å². The van der Waals surface area contributed by atoms with Crippen molar-refractivity contribution in [2.24, 2.45) is 7.05 Å². The number of pyridine rings is 2. The lowest BCUT2D eigenvalue weighted by Crippen LogP contribution is -2.07. The molecule has 3 aromatic heterocycles. The summed E-state index contributed by atoms with van der Waals surface area (Å²) in [6.07, 6.45) is 5.11. The molecular formula is C23H22N7O2. The molecule has 161 valence electrons. The van der Waals surface area contributed by atoms with E-state index >= 15 is 0 Å². The van der Waals surface area contributed by atoms with Crippen LogP contribution in [0.15, 0.2) is 55.1 Å². The van der Waals surface area contributed by atoms with Crippen molar-refractivity contribution >= 4 is 28.8 Å². The molecule has 0 aliphatic rings. The number of para-hydroxylation sites is 1. The number of ether oxygens (including phenoxy) is 1. The fourth-order valence-electron chi connectivity index (χ4n) is 3.20. The Labute approximate surface area is 185 Å². The third-order valence-corrected chi connectivity index (χ3v) is 4.73. The molecule has 0 bridgehead atoms. The van der Waals surface area contributed by atoms with Crippen LogP contribution in [0.4, 0.5) is 23.0 Å². The van der Waals surface area contributed by atoms with E-state index in [9.17, 15) is 4.79 Å². The SMILES string of the molecule is CCC(=O)c1cnc(Nc2cc[c]cn2)cc1Nc1cccc(-c2ncn(C)n2)c1OC. The van der Waals surface area contributed by atoms with E-state index in [4.69, 9.17) is 4.74 Å². The summed E-state index contributed by atoms with van der Waals surface area (Å²) in [7, 11) is 3.39. The topological polar surface area (TPSA) is 107 Å². The molecule has 2 N–H and O–H groups in total. The summed E-state index contributed by atoms with van der Waals surface area (Å²) in [5, 5.41) is 10.8. The van der Waals surface area contributed by atoms with E-state index in [2.05, 4.69) is 36.8 Å². The highest BCUT2D eigenvalue weighted by molar-refractivity contribution is 6.02. The highest BCUT2D eigenvalue weighted by atomic mass is 16.5. The molecule has 1 aromatic carbocycles. The second kappa shape index (κ2) is 9.25. The molecule has 32 heavy (non-hydrogen) atoms. The van der Waals surface area contributed by atoms with Crippen LogP contribution in [-0.2, 0) is 7.05 Å². The Morgan fingerprint density at radius 3 is 2.69 bits per heavy atom. The number of aromatic nitrogens is 5. The van der Waals surface area contributed by atoms with Gasteiger partial charge in [0.15, 0.2) is 17.4 Å². The molecule has 3 heterocycles. The number of methoxy groups -OCH3 is 1. The minimum atomic E-state index is -0.0273. The summed E-state index contributed by atoms with van der Waals surface area (Å²) in [5.74, 6) is 2.25. The van der Waals surface area contributed by atoms with Gasteiger partial charge in [-0.2, -0.15) is 5.10 Å². The molecule has 0 unspecified atom stereocenters. The number of rotatable bonds is 8. The highest BCUT2D eigenvalue weighted by Gasteiger charge is 2.17. The van der Waals surface area contributed by atoms with Gasteiger partial charge in [-0.1, -0.05) is 13.0 Å². The van der Waals surface area contributed by atoms with Gasteiger partial charge in [-0.05, 0) is 24.3 Å². The lowest BCUT2D eigenvalue weighted by molar-refractivity contribution is 0.0988. The molecule has 1 radical (unpaired) electrons. The minimum Gasteiger partial charge on any atom is -0.494 e. The molecule has 0 aliphatic heterocycles. The number of aryl methyl sites for hydroxylation is 1. The molecule has 4 aromatic rings. The highest BCUT2D eigenvalue weighted by Crippen LogP contribution is 2.37. The monoisotopic (exact) mass is 428 g/mol. The van der Waals surface area contributed by atoms with Crippen molar-refractivity contribution in [3.63, 3.8) is 0 Å². The molecule has 9 heteroatoms. The number of hydrogen-bond acceptors (Lipinski definition) is 8. The number of benzene rings is 1. The van der Waals surface area contributed by atoms with Gasteiger partial charge in [-0.15, -0.1) is 0 Å². The van der Waals surface area contributed by atoms with Gasteiger partial charge in [0, 0.05) is 38.0 Å². The fourth-order valence-corrected chi connectivity index (χ4v) is 3.20. The Morgan fingerprint density at radius 2 is 2.00 bits per heavy atom. The minimum absolute atomic E-state index is 0.0273. The number of Topliss-reactive ketones (excluding diaryl/α,β-unsaturated/α-hetero) is 1. The Morgan fingerprint density at radius 1 is 1.12 bits per heavy atom. The van der Waals surface area contributed by atoms with Crippen LogP contribution in [0.3, 0.4) is 0 Å². The van der Waals surface area contributed by atoms with Gasteiger partial charge in [-0.25, -0.2) is 15.0 Å². The smallest absolute Gasteiger partial charge is 0.184 e. The average Bonchev–Trinajstić information content (AvgIpc) is 3.25. The largest absolute Gasteiger partial charge is 0.494 e. The number of nitrogens with one attached hydrogen (secondary N) is 2. The van der Waals surface area contributed by atoms with E-state index in [0.717, 1.165) is 5.56 Å². The van der Waals surface area contributed by atoms with Crippen LogP contribution in [0.2, 0.25) is 0 Å². The number of hydrogen-bond donors (Lipinski definition) is 2. The maximum absolute atomic E-state index is 12.6. The molecule has 9 nitrogen and oxygen atoms in total. The van der Waals surface area contributed by atoms with Crippen molar-refractivity contribution in [2.45, 2.75) is 13.3 Å². The zero-order chi connectivity index (χ0) is 22.5. The average molecular weight is 428 g/mol. The number of carbonyl (C=O) groups is 1. The van der Waals surface area contributed by atoms with Crippen LogP contribution in [0.5, 0.6) is 5.75 Å². The zero-order valence-corrected chi connectivity index (χ0v) is 18.0. The third-order valence-electron chi connectivity index (χ3n) is 4.73. The van der Waals surface area contributed by atoms with E-state index in [0.29, 0.717) is 46.6 Å². The first-order valence-electron chi connectivity index (χ1n) is 10.0. The first-order valence-corrected chi connectivity index (χ1v) is 10.0. The number of anilines is 4. The molecule has 0 atom stereocenters. The van der Waals surface area contributed by atoms with Gasteiger partial charge in [0.1, 0.15) is 18.0 Å². The van der Waals surface area contributed by atoms with Gasteiger partial charge in [0.2, 0.25) is 0 Å². The lowest BCUT2D eigenvalue weighted by atomic mass is 10.1. The van der Waals surface area contributed by atoms with Crippen LogP contribution in [-0.4, -0.2) is 37.6 Å². The lowest BCUT2D eigenvalue weighted by Gasteiger charge is -2.17. The summed E-state index contributed by atoms with van der Waals surface area (Å²) in [4.78, 5) is 25.5. The second-order valence-corrected chi connectivity index (χ2v) is 6.91. The zero-order valence-electron chi connectivity index (χ0n) is 18.0. The van der Waals surface area contributed by atoms with Crippen molar-refractivity contribution in [1.82, 2.24) is 24.7 Å². The number of carbonyl (C=O) groups excluding carboxylic acids is 1. The number of nitrogens with zero attached hydrogens (tertiary/aromatic N) is 5. The maximum atomic E-state index is 12.6. The van der Waals surface area contributed by atoms with Crippen molar-refractivity contribution in [3.8, 4) is 17.1 Å². The quantitative estimate of drug-likeness (QED) is 0.403. The Hall–Kier alpha value is -4.27. The van der Waals surface area contributed by atoms with E-state index in [1.807, 2.05) is 25.1 Å². The Balaban J connectivity index is 1.74. The van der Waals surface area contributed by atoms with E-state index in [1.165, 1.54) is 0 Å². The summed E-state index contributed by atoms with van der Waals surface area (Å²) in [6.45, 7) is 1.82. The molecule has 0 fully saturated rings.